The van der Waals surface area contributed by atoms with Crippen molar-refractivity contribution >= 4 is 34.8 Å². The van der Waals surface area contributed by atoms with Gasteiger partial charge in [0.1, 0.15) is 11.2 Å². The van der Waals surface area contributed by atoms with Crippen LogP contribution in [0.3, 0.4) is 0 Å². The number of fused-ring (bicyclic) bond motifs is 1. The van der Waals surface area contributed by atoms with E-state index in [0.717, 1.165) is 42.6 Å². The summed E-state index contributed by atoms with van der Waals surface area (Å²) in [5.41, 5.74) is 10.5. The van der Waals surface area contributed by atoms with E-state index >= 15 is 0 Å². The van der Waals surface area contributed by atoms with E-state index < -0.39 is 11.6 Å². The minimum Gasteiger partial charge on any atom is -0.388 e. The fourth-order valence-corrected chi connectivity index (χ4v) is 5.35. The highest BCUT2D eigenvalue weighted by Gasteiger charge is 2.25. The predicted octanol–water partition coefficient (Wildman–Crippen LogP) is 3.94. The van der Waals surface area contributed by atoms with Gasteiger partial charge in [0.2, 0.25) is 5.91 Å². The van der Waals surface area contributed by atoms with E-state index in [1.807, 2.05) is 30.3 Å². The number of aromatic nitrogens is 4. The molecule has 0 spiro atoms. The predicted molar refractivity (Wildman–Crippen MR) is 160 cm³/mol. The molecule has 0 fully saturated rings. The Balaban J connectivity index is 1.46. The van der Waals surface area contributed by atoms with Gasteiger partial charge >= 0.3 is 0 Å². The minimum atomic E-state index is -0.843. The average molecular weight is 594 g/mol. The van der Waals surface area contributed by atoms with Crippen LogP contribution in [0, 0.1) is 0 Å². The van der Waals surface area contributed by atoms with Gasteiger partial charge in [-0.3, -0.25) is 24.3 Å². The molecule has 2 heterocycles. The van der Waals surface area contributed by atoms with Crippen LogP contribution in [-0.4, -0.2) is 25.7 Å². The molecule has 41 heavy (non-hydrogen) atoms. The molecule has 212 valence electrons. The van der Waals surface area contributed by atoms with Crippen molar-refractivity contribution in [2.45, 2.75) is 44.7 Å². The smallest absolute Gasteiger partial charge is 0.254 e. The van der Waals surface area contributed by atoms with E-state index in [1.54, 1.807) is 18.2 Å². The minimum absolute atomic E-state index is 0.0260. The second-order valence-corrected chi connectivity index (χ2v) is 10.7. The zero-order valence-corrected chi connectivity index (χ0v) is 23.7. The standard InChI is InChI=1S/C29H30Cl2N8O2/c30-19-10-11-25(39(33)16-27(31)32)21(13-19)23-14-28(40)38(17-35-23)26(12-18-6-2-1-3-7-18)29(41)34-15-24-20-8-4-5-9-22(20)36-37-24/h1-3,6-7,10-11,13-14,16-17,26H,4-5,8-9,12,15,32-33H2,(H,34,41)(H,36,37)/b27-16-. The molecule has 4 aromatic rings. The lowest BCUT2D eigenvalue weighted by molar-refractivity contribution is -0.124. The molecule has 0 bridgehead atoms. The number of benzene rings is 2. The number of nitrogens with one attached hydrogen (secondary N) is 2. The molecule has 1 aliphatic carbocycles. The lowest BCUT2D eigenvalue weighted by Gasteiger charge is -2.21. The Kier molecular flexibility index (Phi) is 8.72. The Morgan fingerprint density at radius 2 is 1.95 bits per heavy atom. The van der Waals surface area contributed by atoms with Gasteiger partial charge in [-0.15, -0.1) is 0 Å². The molecule has 0 radical (unpaired) electrons. The molecule has 10 nitrogen and oxygen atoms in total. The number of amides is 1. The molecule has 2 aromatic heterocycles. The highest BCUT2D eigenvalue weighted by molar-refractivity contribution is 6.31. The summed E-state index contributed by atoms with van der Waals surface area (Å²) in [5.74, 6) is 5.81. The summed E-state index contributed by atoms with van der Waals surface area (Å²) in [6.07, 6.45) is 7.13. The van der Waals surface area contributed by atoms with Gasteiger partial charge in [0.15, 0.2) is 0 Å². The van der Waals surface area contributed by atoms with Crippen molar-refractivity contribution in [1.29, 1.82) is 0 Å². The number of carbonyl (C=O) groups is 1. The van der Waals surface area contributed by atoms with E-state index in [4.69, 9.17) is 34.8 Å². The maximum absolute atomic E-state index is 13.6. The number of hydrogen-bond donors (Lipinski definition) is 4. The first kappa shape index (κ1) is 28.4. The Morgan fingerprint density at radius 1 is 1.17 bits per heavy atom. The summed E-state index contributed by atoms with van der Waals surface area (Å²) in [4.78, 5) is 31.6. The molecule has 1 atom stereocenters. The van der Waals surface area contributed by atoms with Crippen LogP contribution in [0.2, 0.25) is 5.02 Å². The summed E-state index contributed by atoms with van der Waals surface area (Å²) < 4.78 is 1.34. The number of nitrogens with zero attached hydrogens (tertiary/aromatic N) is 4. The van der Waals surface area contributed by atoms with Crippen molar-refractivity contribution < 1.29 is 4.79 Å². The van der Waals surface area contributed by atoms with Crippen molar-refractivity contribution in [1.82, 2.24) is 25.1 Å². The van der Waals surface area contributed by atoms with Crippen LogP contribution in [0.15, 0.2) is 77.1 Å². The number of aromatic amines is 1. The molecule has 0 saturated carbocycles. The number of halogens is 2. The molecular formula is C29H30Cl2N8O2. The van der Waals surface area contributed by atoms with Gasteiger partial charge in [-0.25, -0.2) is 10.8 Å². The average Bonchev–Trinajstić information content (AvgIpc) is 3.38. The summed E-state index contributed by atoms with van der Waals surface area (Å²) >= 11 is 12.1. The maximum atomic E-state index is 13.6. The van der Waals surface area contributed by atoms with Gasteiger partial charge in [0.25, 0.3) is 5.56 Å². The van der Waals surface area contributed by atoms with Crippen molar-refractivity contribution in [3.63, 3.8) is 0 Å². The lowest BCUT2D eigenvalue weighted by Crippen LogP contribution is -2.38. The van der Waals surface area contributed by atoms with E-state index in [1.165, 1.54) is 33.7 Å². The molecule has 1 amide bonds. The number of aryl methyl sites for hydroxylation is 1. The molecule has 2 aromatic carbocycles. The van der Waals surface area contributed by atoms with E-state index in [0.29, 0.717) is 28.4 Å². The largest absolute Gasteiger partial charge is 0.388 e. The highest BCUT2D eigenvalue weighted by Crippen LogP contribution is 2.31. The zero-order valence-electron chi connectivity index (χ0n) is 22.2. The van der Waals surface area contributed by atoms with Gasteiger partial charge in [-0.1, -0.05) is 53.5 Å². The first-order chi connectivity index (χ1) is 19.8. The molecule has 1 aliphatic rings. The van der Waals surface area contributed by atoms with Crippen LogP contribution in [0.5, 0.6) is 0 Å². The first-order valence-corrected chi connectivity index (χ1v) is 14.0. The van der Waals surface area contributed by atoms with Gasteiger partial charge < -0.3 is 11.1 Å². The number of hydrogen-bond acceptors (Lipinski definition) is 7. The topological polar surface area (TPSA) is 148 Å². The van der Waals surface area contributed by atoms with Crippen LogP contribution in [0.25, 0.3) is 11.3 Å². The second kappa shape index (κ2) is 12.6. The number of carbonyl (C=O) groups excluding carboxylic acids is 1. The van der Waals surface area contributed by atoms with E-state index in [9.17, 15) is 9.59 Å². The Hall–Kier alpha value is -4.12. The van der Waals surface area contributed by atoms with Crippen molar-refractivity contribution in [2.24, 2.45) is 11.6 Å². The van der Waals surface area contributed by atoms with Crippen molar-refractivity contribution in [3.05, 3.63) is 110 Å². The van der Waals surface area contributed by atoms with Gasteiger partial charge in [-0.2, -0.15) is 5.10 Å². The zero-order chi connectivity index (χ0) is 28.9. The third kappa shape index (κ3) is 6.62. The van der Waals surface area contributed by atoms with E-state index in [2.05, 4.69) is 20.5 Å². The van der Waals surface area contributed by atoms with Gasteiger partial charge in [0.05, 0.1) is 36.1 Å². The number of rotatable bonds is 9. The molecule has 0 saturated heterocycles. The number of nitrogens with two attached hydrogens (primary N) is 2. The molecule has 12 heteroatoms. The van der Waals surface area contributed by atoms with Crippen molar-refractivity contribution in [3.8, 4) is 11.3 Å². The fraction of sp³-hybridized carbons (Fsp3) is 0.241. The monoisotopic (exact) mass is 592 g/mol. The first-order valence-electron chi connectivity index (χ1n) is 13.2. The molecule has 1 unspecified atom stereocenters. The Bertz CT molecular complexity index is 1630. The van der Waals surface area contributed by atoms with Gasteiger partial charge in [-0.05, 0) is 55.0 Å². The van der Waals surface area contributed by atoms with Crippen LogP contribution in [-0.2, 0) is 30.6 Å². The van der Waals surface area contributed by atoms with E-state index in [-0.39, 0.29) is 17.6 Å². The third-order valence-electron chi connectivity index (χ3n) is 7.09. The summed E-state index contributed by atoms with van der Waals surface area (Å²) in [7, 11) is 0. The fourth-order valence-electron chi connectivity index (χ4n) is 5.07. The Morgan fingerprint density at radius 3 is 2.71 bits per heavy atom. The number of H-pyrrole nitrogens is 1. The maximum Gasteiger partial charge on any atom is 0.254 e. The summed E-state index contributed by atoms with van der Waals surface area (Å²) in [6, 6.07) is 15.0. The van der Waals surface area contributed by atoms with Crippen LogP contribution < -0.4 is 27.5 Å². The normalized spacial score (nSPS) is 13.9. The summed E-state index contributed by atoms with van der Waals surface area (Å²) in [6.45, 7) is 0.269. The molecule has 5 rings (SSSR count). The third-order valence-corrected chi connectivity index (χ3v) is 7.43. The quantitative estimate of drug-likeness (QED) is 0.131. The van der Waals surface area contributed by atoms with Crippen LogP contribution in [0.1, 0.15) is 41.4 Å². The van der Waals surface area contributed by atoms with Crippen molar-refractivity contribution in [2.75, 3.05) is 5.01 Å². The number of hydrazine groups is 1. The van der Waals surface area contributed by atoms with Gasteiger partial charge in [0, 0.05) is 28.8 Å². The lowest BCUT2D eigenvalue weighted by atomic mass is 9.96. The number of anilines is 1. The Labute approximate surface area is 246 Å². The molecular weight excluding hydrogens is 563 g/mol. The van der Waals surface area contributed by atoms with Crippen LogP contribution in [0.4, 0.5) is 5.69 Å². The summed E-state index contributed by atoms with van der Waals surface area (Å²) in [5, 5.41) is 12.1. The highest BCUT2D eigenvalue weighted by atomic mass is 35.5. The van der Waals surface area contributed by atoms with Crippen LogP contribution >= 0.6 is 23.2 Å². The molecule has 0 aliphatic heterocycles. The second-order valence-electron chi connectivity index (χ2n) is 9.86. The molecule has 6 N–H and O–H groups in total. The SMILES string of the molecule is N/C(Cl)=C\N(N)c1ccc(Cl)cc1-c1cc(=O)n(C(Cc2ccccc2)C(=O)NCc2n[nH]c3c2CCCC3)cn1.